The van der Waals surface area contributed by atoms with E-state index < -0.39 is 33.3 Å². The molecule has 2 heterocycles. The van der Waals surface area contributed by atoms with Crippen molar-refractivity contribution in [3.63, 3.8) is 0 Å². The predicted molar refractivity (Wildman–Crippen MR) is 122 cm³/mol. The van der Waals surface area contributed by atoms with Crippen LogP contribution < -0.4 is 5.73 Å². The van der Waals surface area contributed by atoms with Gasteiger partial charge >= 0.3 is 0 Å². The highest BCUT2D eigenvalue weighted by Gasteiger charge is 2.44. The lowest BCUT2D eigenvalue weighted by atomic mass is 10.0. The van der Waals surface area contributed by atoms with Crippen LogP contribution in [0.2, 0.25) is 0 Å². The van der Waals surface area contributed by atoms with Crippen molar-refractivity contribution in [2.24, 2.45) is 11.7 Å². The molecule has 2 unspecified atom stereocenters. The largest absolute Gasteiger partial charge is 0.338 e. The Morgan fingerprint density at radius 3 is 2.51 bits per heavy atom. The number of likely N-dealkylation sites (tertiary alicyclic amines) is 2. The van der Waals surface area contributed by atoms with Crippen molar-refractivity contribution >= 4 is 21.7 Å². The fourth-order valence-corrected chi connectivity index (χ4v) is 5.56. The Hall–Kier alpha value is -2.92. The zero-order chi connectivity index (χ0) is 25.5. The van der Waals surface area contributed by atoms with E-state index in [4.69, 9.17) is 5.73 Å². The third kappa shape index (κ3) is 5.35. The Morgan fingerprint density at radius 2 is 1.80 bits per heavy atom. The molecule has 2 aliphatic rings. The van der Waals surface area contributed by atoms with Gasteiger partial charge in [-0.1, -0.05) is 6.07 Å². The summed E-state index contributed by atoms with van der Waals surface area (Å²) in [6, 6.07) is 6.08. The number of hydrogen-bond acceptors (Lipinski definition) is 5. The monoisotopic (exact) mass is 509 g/mol. The van der Waals surface area contributed by atoms with Gasteiger partial charge in [0.1, 0.15) is 5.82 Å². The normalized spacial score (nSPS) is 20.7. The smallest absolute Gasteiger partial charge is 0.253 e. The number of hydrogen-bond donors (Lipinski definition) is 1. The van der Waals surface area contributed by atoms with Crippen molar-refractivity contribution in [2.75, 3.05) is 25.9 Å². The van der Waals surface area contributed by atoms with E-state index in [-0.39, 0.29) is 52.6 Å². The maximum Gasteiger partial charge on any atom is 0.253 e. The third-order valence-electron chi connectivity index (χ3n) is 6.67. The molecule has 2 aliphatic heterocycles. The van der Waals surface area contributed by atoms with Gasteiger partial charge in [-0.25, -0.2) is 21.6 Å². The number of nitrogens with zero attached hydrogens (tertiary/aromatic N) is 2. The Balaban J connectivity index is 1.39. The van der Waals surface area contributed by atoms with Gasteiger partial charge in [-0.2, -0.15) is 0 Å². The number of rotatable bonds is 6. The van der Waals surface area contributed by atoms with E-state index in [1.54, 1.807) is 15.9 Å². The van der Waals surface area contributed by atoms with E-state index >= 15 is 0 Å². The summed E-state index contributed by atoms with van der Waals surface area (Å²) in [5.74, 6) is -3.86. The van der Waals surface area contributed by atoms with Crippen LogP contribution in [0, 0.1) is 23.4 Å². The summed E-state index contributed by atoms with van der Waals surface area (Å²) in [5.41, 5.74) is 6.19. The fraction of sp³-hybridized carbons (Fsp3) is 0.417. The second-order valence-electron chi connectivity index (χ2n) is 9.24. The van der Waals surface area contributed by atoms with Crippen molar-refractivity contribution in [1.82, 2.24) is 9.80 Å². The van der Waals surface area contributed by atoms with Crippen LogP contribution in [0.25, 0.3) is 0 Å². The van der Waals surface area contributed by atoms with Gasteiger partial charge < -0.3 is 15.5 Å². The highest BCUT2D eigenvalue weighted by molar-refractivity contribution is 7.90. The van der Waals surface area contributed by atoms with Gasteiger partial charge in [0.2, 0.25) is 5.91 Å². The molecule has 11 heteroatoms. The van der Waals surface area contributed by atoms with Gasteiger partial charge in [0.25, 0.3) is 5.91 Å². The first-order valence-electron chi connectivity index (χ1n) is 11.2. The molecule has 0 radical (unpaired) electrons. The van der Waals surface area contributed by atoms with Crippen LogP contribution >= 0.6 is 0 Å². The van der Waals surface area contributed by atoms with Crippen molar-refractivity contribution in [2.45, 2.75) is 36.2 Å². The van der Waals surface area contributed by atoms with Crippen molar-refractivity contribution in [1.29, 1.82) is 0 Å². The van der Waals surface area contributed by atoms with Crippen LogP contribution in [0.3, 0.4) is 0 Å². The molecular formula is C24H26F3N3O4S. The molecule has 2 aromatic carbocycles. The molecule has 0 spiro atoms. The van der Waals surface area contributed by atoms with E-state index in [1.165, 1.54) is 18.2 Å². The molecule has 4 rings (SSSR count). The Kier molecular flexibility index (Phi) is 6.92. The Morgan fingerprint density at radius 1 is 1.09 bits per heavy atom. The number of halogens is 3. The van der Waals surface area contributed by atoms with Gasteiger partial charge in [-0.3, -0.25) is 9.59 Å². The molecule has 0 aliphatic carbocycles. The molecule has 2 amide bonds. The maximum absolute atomic E-state index is 13.9. The summed E-state index contributed by atoms with van der Waals surface area (Å²) in [7, 11) is -3.46. The second-order valence-corrected chi connectivity index (χ2v) is 11.3. The van der Waals surface area contributed by atoms with E-state index in [0.717, 1.165) is 12.3 Å². The fourth-order valence-electron chi connectivity index (χ4n) is 4.90. The number of fused-ring (bicyclic) bond motifs is 1. The molecule has 0 aromatic heterocycles. The number of benzene rings is 2. The summed E-state index contributed by atoms with van der Waals surface area (Å²) in [5, 5.41) is 0. The Bertz CT molecular complexity index is 1270. The molecule has 0 bridgehead atoms. The zero-order valence-corrected chi connectivity index (χ0v) is 19.9. The van der Waals surface area contributed by atoms with Gasteiger partial charge in [0.05, 0.1) is 10.9 Å². The van der Waals surface area contributed by atoms with Crippen LogP contribution in [0.1, 0.15) is 28.8 Å². The molecule has 2 aromatic rings. The molecule has 2 N–H and O–H groups in total. The molecule has 2 saturated heterocycles. The van der Waals surface area contributed by atoms with Gasteiger partial charge in [-0.05, 0) is 42.7 Å². The minimum Gasteiger partial charge on any atom is -0.338 e. The van der Waals surface area contributed by atoms with Crippen molar-refractivity contribution < 1.29 is 31.2 Å². The lowest BCUT2D eigenvalue weighted by molar-refractivity contribution is -0.132. The SMILES string of the molecule is CS(=O)(=O)c1cccc(C(=O)N2CC3CCN(C(=O)C[C@H](N)Cc4cc(F)c(F)cc4F)C3C2)c1. The number of sulfone groups is 1. The van der Waals surface area contributed by atoms with Crippen LogP contribution in [-0.4, -0.2) is 68.0 Å². The van der Waals surface area contributed by atoms with Gasteiger partial charge in [-0.15, -0.1) is 0 Å². The Labute approximate surface area is 201 Å². The van der Waals surface area contributed by atoms with E-state index in [9.17, 15) is 31.2 Å². The van der Waals surface area contributed by atoms with Crippen LogP contribution in [0.4, 0.5) is 13.2 Å². The van der Waals surface area contributed by atoms with Crippen LogP contribution in [0.5, 0.6) is 0 Å². The van der Waals surface area contributed by atoms with Crippen LogP contribution in [-0.2, 0) is 21.1 Å². The quantitative estimate of drug-likeness (QED) is 0.602. The third-order valence-corrected chi connectivity index (χ3v) is 7.78. The van der Waals surface area contributed by atoms with E-state index in [1.807, 2.05) is 0 Å². The first-order valence-corrected chi connectivity index (χ1v) is 13.1. The molecule has 3 atom stereocenters. The van der Waals surface area contributed by atoms with E-state index in [0.29, 0.717) is 32.1 Å². The summed E-state index contributed by atoms with van der Waals surface area (Å²) in [6.45, 7) is 1.26. The number of carbonyl (C=O) groups is 2. The minimum absolute atomic E-state index is 0.0611. The zero-order valence-electron chi connectivity index (χ0n) is 19.1. The van der Waals surface area contributed by atoms with Crippen LogP contribution in [0.15, 0.2) is 41.3 Å². The first kappa shape index (κ1) is 25.2. The van der Waals surface area contributed by atoms with Gasteiger partial charge in [0.15, 0.2) is 21.5 Å². The molecular weight excluding hydrogens is 483 g/mol. The number of carbonyl (C=O) groups excluding carboxylic acids is 2. The summed E-state index contributed by atoms with van der Waals surface area (Å²) in [4.78, 5) is 29.3. The molecule has 7 nitrogen and oxygen atoms in total. The van der Waals surface area contributed by atoms with E-state index in [2.05, 4.69) is 0 Å². The van der Waals surface area contributed by atoms with Crippen molar-refractivity contribution in [3.8, 4) is 0 Å². The van der Waals surface area contributed by atoms with Crippen molar-refractivity contribution in [3.05, 3.63) is 65.0 Å². The molecule has 0 saturated carbocycles. The lowest BCUT2D eigenvalue weighted by Gasteiger charge is -2.26. The minimum atomic E-state index is -3.46. The average molecular weight is 510 g/mol. The second kappa shape index (κ2) is 9.62. The average Bonchev–Trinajstić information content (AvgIpc) is 3.37. The van der Waals surface area contributed by atoms with Gasteiger partial charge in [0, 0.05) is 55.9 Å². The summed E-state index contributed by atoms with van der Waals surface area (Å²) >= 11 is 0. The molecule has 35 heavy (non-hydrogen) atoms. The maximum atomic E-state index is 13.9. The number of amides is 2. The topological polar surface area (TPSA) is 101 Å². The summed E-state index contributed by atoms with van der Waals surface area (Å²) < 4.78 is 64.2. The highest BCUT2D eigenvalue weighted by Crippen LogP contribution is 2.33. The molecule has 188 valence electrons. The highest BCUT2D eigenvalue weighted by atomic mass is 32.2. The number of nitrogens with two attached hydrogens (primary N) is 1. The lowest BCUT2D eigenvalue weighted by Crippen LogP contribution is -2.43. The first-order chi connectivity index (χ1) is 16.4. The summed E-state index contributed by atoms with van der Waals surface area (Å²) in [6.07, 6.45) is 1.55. The predicted octanol–water partition coefficient (Wildman–Crippen LogP) is 2.14. The standard InChI is InChI=1S/C24H26F3N3O4S/c1-35(33,34)18-4-2-3-14(8-18)24(32)29-12-15-5-6-30(22(15)13-29)23(31)10-17(28)7-16-9-20(26)21(27)11-19(16)25/h2-4,8-9,11,15,17,22H,5-7,10,12-13,28H2,1H3/t15?,17-,22?/m1/s1. The molecule has 2 fully saturated rings.